The molecule has 2 unspecified atom stereocenters. The van der Waals surface area contributed by atoms with Gasteiger partial charge >= 0.3 is 0 Å². The highest BCUT2D eigenvalue weighted by atomic mass is 32.2. The molecule has 2 amide bonds. The summed E-state index contributed by atoms with van der Waals surface area (Å²) < 4.78 is 1.79. The zero-order valence-corrected chi connectivity index (χ0v) is 19.6. The molecular formula is C22H26N8O3S. The maximum atomic E-state index is 12.9. The van der Waals surface area contributed by atoms with Crippen LogP contribution in [-0.2, 0) is 6.42 Å². The van der Waals surface area contributed by atoms with Gasteiger partial charge in [0, 0.05) is 30.3 Å². The lowest BCUT2D eigenvalue weighted by atomic mass is 10.0. The van der Waals surface area contributed by atoms with Gasteiger partial charge in [0.1, 0.15) is 5.69 Å². The minimum Gasteiger partial charge on any atom is -0.390 e. The number of aliphatic hydroxyl groups is 1. The molecule has 0 saturated carbocycles. The van der Waals surface area contributed by atoms with Gasteiger partial charge in [0.25, 0.3) is 11.8 Å². The predicted octanol–water partition coefficient (Wildman–Crippen LogP) is 2.53. The Morgan fingerprint density at radius 2 is 2.09 bits per heavy atom. The van der Waals surface area contributed by atoms with E-state index >= 15 is 0 Å². The van der Waals surface area contributed by atoms with E-state index in [0.717, 1.165) is 5.56 Å². The Hall–Kier alpha value is -3.70. The van der Waals surface area contributed by atoms with E-state index < -0.39 is 24.0 Å². The predicted molar refractivity (Wildman–Crippen MR) is 132 cm³/mol. The summed E-state index contributed by atoms with van der Waals surface area (Å²) in [5, 5.41) is 20.3. The molecule has 3 N–H and O–H groups in total. The summed E-state index contributed by atoms with van der Waals surface area (Å²) in [4.78, 5) is 34.8. The lowest BCUT2D eigenvalue weighted by Crippen LogP contribution is -2.48. The first-order valence-corrected chi connectivity index (χ1v) is 10.9. The van der Waals surface area contributed by atoms with Crippen molar-refractivity contribution < 1.29 is 14.7 Å². The molecule has 0 aliphatic heterocycles. The van der Waals surface area contributed by atoms with Crippen LogP contribution in [0.4, 0.5) is 0 Å². The Balaban J connectivity index is 2.16. The number of nitrogens with zero attached hydrogens (tertiary/aromatic N) is 6. The Kier molecular flexibility index (Phi) is 10.7. The second kappa shape index (κ2) is 13.8. The first-order valence-electron chi connectivity index (χ1n) is 10.2. The topological polar surface area (TPSA) is 156 Å². The van der Waals surface area contributed by atoms with Crippen molar-refractivity contribution in [3.8, 4) is 0 Å². The summed E-state index contributed by atoms with van der Waals surface area (Å²) in [5.41, 5.74) is 9.38. The molecule has 0 aliphatic carbocycles. The summed E-state index contributed by atoms with van der Waals surface area (Å²) in [5.74, 6) is -1.39. The van der Waals surface area contributed by atoms with Gasteiger partial charge in [0.2, 0.25) is 0 Å². The Bertz CT molecular complexity index is 1070. The van der Waals surface area contributed by atoms with Crippen molar-refractivity contribution in [2.45, 2.75) is 18.6 Å². The lowest BCUT2D eigenvalue weighted by Gasteiger charge is -2.28. The summed E-state index contributed by atoms with van der Waals surface area (Å²) in [7, 11) is 3.43. The monoisotopic (exact) mass is 482 g/mol. The number of pyridine rings is 1. The SMILES string of the molecule is C=C(NC=NC)SN(C)CC(O)C(Cc1ccccc1)NC(=O)c1ccnc(C(=O)N=[N+]=[N-])c1. The number of amides is 2. The van der Waals surface area contributed by atoms with E-state index in [9.17, 15) is 14.7 Å². The van der Waals surface area contributed by atoms with Crippen LogP contribution in [-0.4, -0.2) is 65.3 Å². The molecule has 2 aromatic rings. The standard InChI is InChI=1S/C22H26N8O3S/c1-15(26-14-24-2)34-30(3)13-20(31)18(11-16-7-5-4-6-8-16)27-21(32)17-9-10-25-19(12-17)22(33)28-29-23/h4-10,12,14,18,20,31H,1,11,13H2,2-3H3,(H,24,26)(H,27,32). The average molecular weight is 483 g/mol. The van der Waals surface area contributed by atoms with E-state index in [2.05, 4.69) is 37.2 Å². The van der Waals surface area contributed by atoms with E-state index in [1.165, 1.54) is 36.6 Å². The smallest absolute Gasteiger partial charge is 0.267 e. The number of benzene rings is 1. The summed E-state index contributed by atoms with van der Waals surface area (Å²) in [6.07, 6.45) is 2.23. The van der Waals surface area contributed by atoms with Gasteiger partial charge in [-0.05, 0) is 53.8 Å². The summed E-state index contributed by atoms with van der Waals surface area (Å²) in [6.45, 7) is 4.11. The molecule has 1 heterocycles. The van der Waals surface area contributed by atoms with E-state index in [-0.39, 0.29) is 17.8 Å². The number of aromatic nitrogens is 1. The normalized spacial score (nSPS) is 12.6. The second-order valence-corrected chi connectivity index (χ2v) is 8.42. The van der Waals surface area contributed by atoms with Gasteiger partial charge in [-0.2, -0.15) is 0 Å². The van der Waals surface area contributed by atoms with Gasteiger partial charge in [0.15, 0.2) is 0 Å². The zero-order valence-electron chi connectivity index (χ0n) is 18.8. The van der Waals surface area contributed by atoms with E-state index in [4.69, 9.17) is 5.53 Å². The number of aliphatic hydroxyl groups excluding tert-OH is 1. The molecule has 0 fully saturated rings. The number of hydrogen-bond donors (Lipinski definition) is 3. The van der Waals surface area contributed by atoms with Gasteiger partial charge in [-0.15, -0.1) is 0 Å². The van der Waals surface area contributed by atoms with E-state index in [1.54, 1.807) is 18.4 Å². The number of carbonyl (C=O) groups is 2. The molecular weight excluding hydrogens is 456 g/mol. The van der Waals surface area contributed by atoms with Crippen LogP contribution < -0.4 is 10.6 Å². The molecule has 34 heavy (non-hydrogen) atoms. The number of carbonyl (C=O) groups excluding carboxylic acids is 2. The van der Waals surface area contributed by atoms with Crippen LogP contribution in [0.2, 0.25) is 0 Å². The Morgan fingerprint density at radius 3 is 2.76 bits per heavy atom. The third-order valence-corrected chi connectivity index (χ3v) is 5.32. The Labute approximate surface area is 201 Å². The van der Waals surface area contributed by atoms with Gasteiger partial charge in [-0.1, -0.05) is 36.9 Å². The van der Waals surface area contributed by atoms with Crippen molar-refractivity contribution in [1.29, 1.82) is 0 Å². The molecule has 0 aliphatic rings. The minimum atomic E-state index is -0.930. The summed E-state index contributed by atoms with van der Waals surface area (Å²) in [6, 6.07) is 11.5. The van der Waals surface area contributed by atoms with Crippen LogP contribution >= 0.6 is 11.9 Å². The molecule has 0 spiro atoms. The molecule has 2 rings (SSSR count). The molecule has 1 aromatic heterocycles. The van der Waals surface area contributed by atoms with Crippen LogP contribution in [0.5, 0.6) is 0 Å². The molecule has 178 valence electrons. The number of azide groups is 1. The van der Waals surface area contributed by atoms with Crippen LogP contribution in [0.1, 0.15) is 26.4 Å². The minimum absolute atomic E-state index is 0.149. The largest absolute Gasteiger partial charge is 0.390 e. The van der Waals surface area contributed by atoms with Crippen LogP contribution in [0, 0.1) is 0 Å². The fraction of sp³-hybridized carbons (Fsp3) is 0.273. The van der Waals surface area contributed by atoms with Crippen molar-refractivity contribution >= 4 is 30.1 Å². The molecule has 12 heteroatoms. The number of aliphatic imine (C=N–C) groups is 1. The van der Waals surface area contributed by atoms with E-state index in [1.807, 2.05) is 30.3 Å². The third-order valence-electron chi connectivity index (χ3n) is 4.52. The number of nitrogens with one attached hydrogen (secondary N) is 2. The molecule has 0 radical (unpaired) electrons. The molecule has 1 aromatic carbocycles. The quantitative estimate of drug-likeness (QED) is 0.105. The highest BCUT2D eigenvalue weighted by molar-refractivity contribution is 8.00. The number of rotatable bonds is 12. The first-order chi connectivity index (χ1) is 16.3. The van der Waals surface area contributed by atoms with Gasteiger partial charge in [-0.3, -0.25) is 19.6 Å². The van der Waals surface area contributed by atoms with Crippen molar-refractivity contribution in [1.82, 2.24) is 19.9 Å². The fourth-order valence-corrected chi connectivity index (χ4v) is 3.67. The van der Waals surface area contributed by atoms with Gasteiger partial charge in [0.05, 0.1) is 23.5 Å². The van der Waals surface area contributed by atoms with Gasteiger partial charge in [-0.25, -0.2) is 4.31 Å². The highest BCUT2D eigenvalue weighted by Gasteiger charge is 2.24. The fourth-order valence-electron chi connectivity index (χ4n) is 2.96. The zero-order chi connectivity index (χ0) is 24.9. The van der Waals surface area contributed by atoms with E-state index in [0.29, 0.717) is 11.4 Å². The molecule has 0 saturated heterocycles. The highest BCUT2D eigenvalue weighted by Crippen LogP contribution is 2.17. The van der Waals surface area contributed by atoms with Crippen molar-refractivity contribution in [2.75, 3.05) is 20.6 Å². The first kappa shape index (κ1) is 26.6. The van der Waals surface area contributed by atoms with Crippen molar-refractivity contribution in [3.63, 3.8) is 0 Å². The number of likely N-dealkylation sites (N-methyl/N-ethyl adjacent to an activating group) is 1. The number of hydrogen-bond acceptors (Lipinski definition) is 7. The maximum Gasteiger partial charge on any atom is 0.267 e. The maximum absolute atomic E-state index is 12.9. The van der Waals surface area contributed by atoms with Crippen molar-refractivity contribution in [2.24, 2.45) is 10.1 Å². The Morgan fingerprint density at radius 1 is 1.35 bits per heavy atom. The molecule has 0 bridgehead atoms. The second-order valence-electron chi connectivity index (χ2n) is 7.12. The van der Waals surface area contributed by atoms with Gasteiger partial charge < -0.3 is 15.7 Å². The summed E-state index contributed by atoms with van der Waals surface area (Å²) >= 11 is 1.29. The molecule has 11 nitrogen and oxygen atoms in total. The lowest BCUT2D eigenvalue weighted by molar-refractivity contribution is 0.0803. The van der Waals surface area contributed by atoms with Crippen molar-refractivity contribution in [3.05, 3.63) is 87.5 Å². The average Bonchev–Trinajstić information content (AvgIpc) is 2.83. The van der Waals surface area contributed by atoms with Crippen LogP contribution in [0.15, 0.2) is 70.4 Å². The van der Waals surface area contributed by atoms with Crippen LogP contribution in [0.3, 0.4) is 0 Å². The van der Waals surface area contributed by atoms with Crippen LogP contribution in [0.25, 0.3) is 10.4 Å². The molecule has 2 atom stereocenters. The third kappa shape index (κ3) is 8.68.